The number of ketones is 1. The minimum atomic E-state index is -0.212. The standard InChI is InChI=1S/C29H32N4O4S2/c1-5-22(34)24-18(4)11-13-20-25(24)32-26(30-20)28(36)38-14-8-7-9-15-39-29(37)27-31-19-12-10-17(3)16-21(19)33(27)23(35)6-2/h10-13,16H,5-9,14-15H2,1-4H3,(H,30,32). The number of carbonyl (C=O) groups excluding carboxylic acids is 4. The Balaban J connectivity index is 1.26. The second kappa shape index (κ2) is 12.7. The summed E-state index contributed by atoms with van der Waals surface area (Å²) < 4.78 is 1.44. The molecular weight excluding hydrogens is 532 g/mol. The molecule has 0 unspecified atom stereocenters. The number of thioether (sulfide) groups is 2. The number of fused-ring (bicyclic) bond motifs is 2. The van der Waals surface area contributed by atoms with Crippen molar-refractivity contribution in [2.45, 2.75) is 59.8 Å². The molecule has 4 aromatic rings. The Morgan fingerprint density at radius 3 is 2.28 bits per heavy atom. The van der Waals surface area contributed by atoms with E-state index >= 15 is 0 Å². The van der Waals surface area contributed by atoms with Gasteiger partial charge in [0, 0.05) is 29.9 Å². The number of benzene rings is 2. The van der Waals surface area contributed by atoms with Crippen LogP contribution in [0.1, 0.15) is 93.5 Å². The van der Waals surface area contributed by atoms with E-state index in [1.54, 1.807) is 6.92 Å². The van der Waals surface area contributed by atoms with Gasteiger partial charge in [0.1, 0.15) is 5.52 Å². The summed E-state index contributed by atoms with van der Waals surface area (Å²) in [4.78, 5) is 62.5. The second-order valence-corrected chi connectivity index (χ2v) is 11.5. The number of nitrogens with one attached hydrogen (secondary N) is 1. The van der Waals surface area contributed by atoms with E-state index in [4.69, 9.17) is 0 Å². The molecule has 2 aromatic carbocycles. The smallest absolute Gasteiger partial charge is 0.255 e. The number of aryl methyl sites for hydroxylation is 2. The molecule has 0 aliphatic carbocycles. The van der Waals surface area contributed by atoms with Crippen LogP contribution in [0, 0.1) is 13.8 Å². The molecule has 204 valence electrons. The molecular formula is C29H32N4O4S2. The van der Waals surface area contributed by atoms with Gasteiger partial charge < -0.3 is 4.98 Å². The van der Waals surface area contributed by atoms with E-state index in [-0.39, 0.29) is 40.0 Å². The van der Waals surface area contributed by atoms with Crippen LogP contribution in [0.5, 0.6) is 0 Å². The number of unbranched alkanes of at least 4 members (excludes halogenated alkanes) is 2. The lowest BCUT2D eigenvalue weighted by molar-refractivity contribution is 0.0898. The van der Waals surface area contributed by atoms with Crippen molar-refractivity contribution in [3.8, 4) is 0 Å². The maximum Gasteiger partial charge on any atom is 0.255 e. The summed E-state index contributed by atoms with van der Waals surface area (Å²) >= 11 is 2.37. The van der Waals surface area contributed by atoms with Crippen molar-refractivity contribution in [2.75, 3.05) is 11.5 Å². The van der Waals surface area contributed by atoms with Crippen LogP contribution in [0.15, 0.2) is 30.3 Å². The highest BCUT2D eigenvalue weighted by atomic mass is 32.2. The average molecular weight is 565 g/mol. The third-order valence-electron chi connectivity index (χ3n) is 6.46. The Bertz CT molecular complexity index is 1570. The van der Waals surface area contributed by atoms with Crippen molar-refractivity contribution < 1.29 is 19.2 Å². The summed E-state index contributed by atoms with van der Waals surface area (Å²) in [6.45, 7) is 7.40. The van der Waals surface area contributed by atoms with Gasteiger partial charge in [0.25, 0.3) is 10.2 Å². The first-order valence-electron chi connectivity index (χ1n) is 13.1. The monoisotopic (exact) mass is 564 g/mol. The van der Waals surface area contributed by atoms with Gasteiger partial charge in [-0.25, -0.2) is 9.97 Å². The molecule has 39 heavy (non-hydrogen) atoms. The number of Topliss-reactive ketones (excluding diaryl/α,β-unsaturated/α-hetero) is 1. The van der Waals surface area contributed by atoms with Gasteiger partial charge in [0.2, 0.25) is 5.91 Å². The first-order chi connectivity index (χ1) is 18.7. The van der Waals surface area contributed by atoms with Crippen molar-refractivity contribution >= 4 is 67.5 Å². The van der Waals surface area contributed by atoms with Crippen LogP contribution in [-0.4, -0.2) is 52.9 Å². The molecule has 0 saturated heterocycles. The highest BCUT2D eigenvalue weighted by molar-refractivity contribution is 8.14. The van der Waals surface area contributed by atoms with Gasteiger partial charge in [-0.15, -0.1) is 0 Å². The number of rotatable bonds is 11. The first-order valence-corrected chi connectivity index (χ1v) is 15.1. The van der Waals surface area contributed by atoms with Crippen LogP contribution in [-0.2, 0) is 0 Å². The number of hydrogen-bond donors (Lipinski definition) is 1. The van der Waals surface area contributed by atoms with Crippen molar-refractivity contribution in [3.63, 3.8) is 0 Å². The summed E-state index contributed by atoms with van der Waals surface area (Å²) in [6.07, 6.45) is 3.14. The van der Waals surface area contributed by atoms with Crippen molar-refractivity contribution in [1.82, 2.24) is 19.5 Å². The second-order valence-electron chi connectivity index (χ2n) is 9.36. The molecule has 0 aliphatic rings. The quantitative estimate of drug-likeness (QED) is 0.156. The number of imidazole rings is 2. The van der Waals surface area contributed by atoms with Gasteiger partial charge in [-0.3, -0.25) is 23.7 Å². The number of aromatic amines is 1. The average Bonchev–Trinajstić information content (AvgIpc) is 3.53. The summed E-state index contributed by atoms with van der Waals surface area (Å²) in [7, 11) is 0. The van der Waals surface area contributed by atoms with E-state index in [1.807, 2.05) is 51.1 Å². The number of hydrogen-bond acceptors (Lipinski definition) is 8. The molecule has 0 bridgehead atoms. The molecule has 10 heteroatoms. The Hall–Kier alpha value is -3.24. The van der Waals surface area contributed by atoms with Crippen LogP contribution in [0.4, 0.5) is 0 Å². The zero-order chi connectivity index (χ0) is 28.1. The number of H-pyrrole nitrogens is 1. The van der Waals surface area contributed by atoms with E-state index in [9.17, 15) is 19.2 Å². The minimum absolute atomic E-state index is 0.0110. The van der Waals surface area contributed by atoms with Gasteiger partial charge in [0.05, 0.1) is 16.6 Å². The first kappa shape index (κ1) is 28.8. The molecule has 0 amide bonds. The van der Waals surface area contributed by atoms with Crippen LogP contribution in [0.2, 0.25) is 0 Å². The van der Waals surface area contributed by atoms with E-state index < -0.39 is 0 Å². The van der Waals surface area contributed by atoms with Crippen LogP contribution < -0.4 is 0 Å². The normalized spacial score (nSPS) is 11.4. The SMILES string of the molecule is CCC(=O)c1c(C)ccc2[nH]c(C(=O)SCCCCCSC(=O)c3nc4ccc(C)cc4n3C(=O)CC)nc12. The van der Waals surface area contributed by atoms with Gasteiger partial charge in [0.15, 0.2) is 17.4 Å². The van der Waals surface area contributed by atoms with E-state index in [1.165, 1.54) is 28.1 Å². The molecule has 0 fully saturated rings. The molecule has 4 rings (SSSR count). The maximum absolute atomic E-state index is 12.9. The third kappa shape index (κ3) is 6.33. The summed E-state index contributed by atoms with van der Waals surface area (Å²) in [6, 6.07) is 9.34. The Morgan fingerprint density at radius 1 is 0.872 bits per heavy atom. The van der Waals surface area contributed by atoms with Gasteiger partial charge in [-0.05, 0) is 56.0 Å². The molecule has 0 spiro atoms. The largest absolute Gasteiger partial charge is 0.335 e. The van der Waals surface area contributed by atoms with Gasteiger partial charge in [-0.2, -0.15) is 0 Å². The highest BCUT2D eigenvalue weighted by Gasteiger charge is 2.22. The molecule has 0 radical (unpaired) electrons. The number of carbonyl (C=O) groups is 4. The summed E-state index contributed by atoms with van der Waals surface area (Å²) in [5.41, 5.74) is 4.98. The Labute approximate surface area is 235 Å². The van der Waals surface area contributed by atoms with Crippen LogP contribution in [0.25, 0.3) is 22.1 Å². The Morgan fingerprint density at radius 2 is 1.59 bits per heavy atom. The topological polar surface area (TPSA) is 115 Å². The molecule has 0 aliphatic heterocycles. The lowest BCUT2D eigenvalue weighted by Gasteiger charge is -2.06. The fraction of sp³-hybridized carbons (Fsp3) is 0.379. The van der Waals surface area contributed by atoms with E-state index in [0.29, 0.717) is 45.6 Å². The molecule has 0 atom stereocenters. The zero-order valence-corrected chi connectivity index (χ0v) is 24.3. The molecule has 2 heterocycles. The fourth-order valence-corrected chi connectivity index (χ4v) is 5.95. The minimum Gasteiger partial charge on any atom is -0.335 e. The Kier molecular flexibility index (Phi) is 9.40. The molecule has 2 aromatic heterocycles. The van der Waals surface area contributed by atoms with E-state index in [2.05, 4.69) is 15.0 Å². The molecule has 0 saturated carbocycles. The fourth-order valence-electron chi connectivity index (χ4n) is 4.38. The van der Waals surface area contributed by atoms with Crippen LogP contribution >= 0.6 is 23.5 Å². The zero-order valence-electron chi connectivity index (χ0n) is 22.6. The molecule has 8 nitrogen and oxygen atoms in total. The lowest BCUT2D eigenvalue weighted by Crippen LogP contribution is -2.15. The summed E-state index contributed by atoms with van der Waals surface area (Å²) in [5, 5.41) is -0.366. The third-order valence-corrected chi connectivity index (χ3v) is 8.34. The maximum atomic E-state index is 12.9. The number of aromatic nitrogens is 4. The summed E-state index contributed by atoms with van der Waals surface area (Å²) in [5.74, 6) is 1.54. The van der Waals surface area contributed by atoms with Gasteiger partial charge in [-0.1, -0.05) is 55.9 Å². The predicted octanol–water partition coefficient (Wildman–Crippen LogP) is 6.79. The highest BCUT2D eigenvalue weighted by Crippen LogP contribution is 2.25. The van der Waals surface area contributed by atoms with E-state index in [0.717, 1.165) is 30.4 Å². The number of nitrogens with zero attached hydrogens (tertiary/aromatic N) is 3. The van der Waals surface area contributed by atoms with Gasteiger partial charge >= 0.3 is 0 Å². The van der Waals surface area contributed by atoms with Crippen molar-refractivity contribution in [2.24, 2.45) is 0 Å². The lowest BCUT2D eigenvalue weighted by atomic mass is 10.0. The van der Waals surface area contributed by atoms with Crippen molar-refractivity contribution in [3.05, 3.63) is 58.7 Å². The molecule has 1 N–H and O–H groups in total. The van der Waals surface area contributed by atoms with Crippen LogP contribution in [0.3, 0.4) is 0 Å². The predicted molar refractivity (Wildman–Crippen MR) is 158 cm³/mol. The van der Waals surface area contributed by atoms with Crippen molar-refractivity contribution in [1.29, 1.82) is 0 Å².